The highest BCUT2D eigenvalue weighted by atomic mass is 16.5. The van der Waals surface area contributed by atoms with Gasteiger partial charge >= 0.3 is 0 Å². The maximum Gasteiger partial charge on any atom is 0.244 e. The molecule has 1 aliphatic heterocycles. The highest BCUT2D eigenvalue weighted by Gasteiger charge is 2.19. The quantitative estimate of drug-likeness (QED) is 0.245. The van der Waals surface area contributed by atoms with Gasteiger partial charge in [-0.3, -0.25) is 9.69 Å². The van der Waals surface area contributed by atoms with Crippen LogP contribution in [0, 0.1) is 6.92 Å². The number of amides is 1. The van der Waals surface area contributed by atoms with Gasteiger partial charge in [-0.1, -0.05) is 36.4 Å². The van der Waals surface area contributed by atoms with Crippen LogP contribution in [-0.4, -0.2) is 57.3 Å². The van der Waals surface area contributed by atoms with Crippen molar-refractivity contribution in [3.05, 3.63) is 72.0 Å². The molecular weight excluding hydrogens is 464 g/mol. The summed E-state index contributed by atoms with van der Waals surface area (Å²) in [5.74, 6) is 0.627. The number of furan rings is 1. The first-order valence-corrected chi connectivity index (χ1v) is 12.9. The van der Waals surface area contributed by atoms with E-state index in [9.17, 15) is 4.79 Å². The Labute approximate surface area is 217 Å². The number of hydrogen-bond acceptors (Lipinski definition) is 5. The van der Waals surface area contributed by atoms with Crippen LogP contribution in [0.25, 0.3) is 38.4 Å². The normalized spacial score (nSPS) is 14.8. The number of allylic oxidation sites excluding steroid dienone is 1. The molecule has 0 saturated carbocycles. The second-order valence-electron chi connectivity index (χ2n) is 9.60. The molecule has 5 rings (SSSR count). The van der Waals surface area contributed by atoms with Gasteiger partial charge in [-0.2, -0.15) is 0 Å². The van der Waals surface area contributed by atoms with Gasteiger partial charge in [0.2, 0.25) is 5.91 Å². The zero-order valence-corrected chi connectivity index (χ0v) is 21.8. The Morgan fingerprint density at radius 1 is 1.11 bits per heavy atom. The Morgan fingerprint density at radius 2 is 1.89 bits per heavy atom. The van der Waals surface area contributed by atoms with E-state index in [0.717, 1.165) is 83.8 Å². The monoisotopic (exact) mass is 498 g/mol. The van der Waals surface area contributed by atoms with E-state index in [4.69, 9.17) is 13.9 Å². The number of carbonyl (C=O) groups is 1. The number of fused-ring (bicyclic) bond motifs is 2. The highest BCUT2D eigenvalue weighted by Crippen LogP contribution is 2.41. The Balaban J connectivity index is 1.38. The van der Waals surface area contributed by atoms with Crippen LogP contribution in [0.1, 0.15) is 24.5 Å². The first kappa shape index (κ1) is 25.1. The molecule has 6 heteroatoms. The molecule has 4 aromatic rings. The average molecular weight is 499 g/mol. The number of nitrogens with zero attached hydrogens (tertiary/aromatic N) is 1. The molecule has 1 aromatic heterocycles. The van der Waals surface area contributed by atoms with Gasteiger partial charge < -0.3 is 19.2 Å². The van der Waals surface area contributed by atoms with Crippen molar-refractivity contribution in [2.24, 2.45) is 0 Å². The summed E-state index contributed by atoms with van der Waals surface area (Å²) >= 11 is 0. The van der Waals surface area contributed by atoms with Crippen LogP contribution in [0.5, 0.6) is 5.75 Å². The number of ether oxygens (including phenoxy) is 2. The van der Waals surface area contributed by atoms with Crippen molar-refractivity contribution in [2.45, 2.75) is 20.3 Å². The van der Waals surface area contributed by atoms with Gasteiger partial charge in [-0.05, 0) is 60.9 Å². The van der Waals surface area contributed by atoms with Crippen LogP contribution in [-0.2, 0) is 9.53 Å². The first-order valence-electron chi connectivity index (χ1n) is 12.9. The fraction of sp³-hybridized carbons (Fsp3) is 0.323. The van der Waals surface area contributed by atoms with Gasteiger partial charge in [0.1, 0.15) is 11.3 Å². The number of methoxy groups -OCH3 is 1. The van der Waals surface area contributed by atoms with Crippen LogP contribution < -0.4 is 10.1 Å². The van der Waals surface area contributed by atoms with Crippen molar-refractivity contribution < 1.29 is 18.7 Å². The SMILES string of the molecule is COc1c(/C(C)=C/C(=O)NCCCN2CCOCC2)cc2c(-c3ccc4ccccc4c3)coc2c1C. The van der Waals surface area contributed by atoms with E-state index in [2.05, 4.69) is 52.7 Å². The third-order valence-electron chi connectivity index (χ3n) is 7.13. The van der Waals surface area contributed by atoms with Gasteiger partial charge in [0.15, 0.2) is 0 Å². The summed E-state index contributed by atoms with van der Waals surface area (Å²) in [5, 5.41) is 6.41. The number of morpholine rings is 1. The molecule has 0 radical (unpaired) electrons. The number of benzene rings is 3. The average Bonchev–Trinajstić information content (AvgIpc) is 3.36. The fourth-order valence-electron chi connectivity index (χ4n) is 5.12. The molecule has 3 aromatic carbocycles. The summed E-state index contributed by atoms with van der Waals surface area (Å²) in [6.45, 7) is 9.06. The van der Waals surface area contributed by atoms with Gasteiger partial charge in [0, 0.05) is 47.8 Å². The van der Waals surface area contributed by atoms with Gasteiger partial charge in [-0.15, -0.1) is 0 Å². The number of aryl methyl sites for hydroxylation is 1. The van der Waals surface area contributed by atoms with Crippen molar-refractivity contribution in [3.63, 3.8) is 0 Å². The van der Waals surface area contributed by atoms with E-state index in [0.29, 0.717) is 6.54 Å². The molecule has 1 amide bonds. The van der Waals surface area contributed by atoms with E-state index in [1.54, 1.807) is 13.2 Å². The minimum Gasteiger partial charge on any atom is -0.496 e. The second-order valence-corrected chi connectivity index (χ2v) is 9.60. The van der Waals surface area contributed by atoms with Crippen LogP contribution in [0.3, 0.4) is 0 Å². The largest absolute Gasteiger partial charge is 0.496 e. The van der Waals surface area contributed by atoms with Crippen LogP contribution >= 0.6 is 0 Å². The molecule has 6 nitrogen and oxygen atoms in total. The van der Waals surface area contributed by atoms with Crippen LogP contribution in [0.15, 0.2) is 65.3 Å². The minimum absolute atomic E-state index is 0.0961. The van der Waals surface area contributed by atoms with Crippen molar-refractivity contribution in [1.82, 2.24) is 10.2 Å². The first-order chi connectivity index (χ1) is 18.0. The third kappa shape index (κ3) is 5.41. The van der Waals surface area contributed by atoms with Crippen molar-refractivity contribution in [3.8, 4) is 16.9 Å². The Bertz CT molecular complexity index is 1450. The number of hydrogen-bond donors (Lipinski definition) is 1. The smallest absolute Gasteiger partial charge is 0.244 e. The lowest BCUT2D eigenvalue weighted by Crippen LogP contribution is -2.38. The lowest BCUT2D eigenvalue weighted by Gasteiger charge is -2.26. The molecular formula is C31H34N2O4. The predicted octanol–water partition coefficient (Wildman–Crippen LogP) is 5.81. The molecule has 2 heterocycles. The Morgan fingerprint density at radius 3 is 2.68 bits per heavy atom. The van der Waals surface area contributed by atoms with Crippen LogP contribution in [0.2, 0.25) is 0 Å². The lowest BCUT2D eigenvalue weighted by molar-refractivity contribution is -0.116. The van der Waals surface area contributed by atoms with Gasteiger partial charge in [0.05, 0.1) is 26.6 Å². The molecule has 0 atom stereocenters. The van der Waals surface area contributed by atoms with E-state index in [1.165, 1.54) is 10.8 Å². The fourth-order valence-corrected chi connectivity index (χ4v) is 5.12. The van der Waals surface area contributed by atoms with E-state index in [-0.39, 0.29) is 5.91 Å². The molecule has 1 fully saturated rings. The summed E-state index contributed by atoms with van der Waals surface area (Å²) in [6, 6.07) is 16.9. The molecule has 1 aliphatic rings. The zero-order valence-electron chi connectivity index (χ0n) is 21.8. The minimum atomic E-state index is -0.0961. The predicted molar refractivity (Wildman–Crippen MR) is 149 cm³/mol. The summed E-state index contributed by atoms with van der Waals surface area (Å²) in [4.78, 5) is 15.1. The molecule has 1 N–H and O–H groups in total. The van der Waals surface area contributed by atoms with Gasteiger partial charge in [0.25, 0.3) is 0 Å². The number of rotatable bonds is 8. The van der Waals surface area contributed by atoms with Crippen molar-refractivity contribution in [1.29, 1.82) is 0 Å². The standard InChI is InChI=1S/C31H34N2O4/c1-21(17-29(34)32-11-6-12-33-13-15-36-16-14-33)26-19-27-28(20-37-31(27)22(2)30(26)35-3)25-10-9-23-7-4-5-8-24(23)18-25/h4-5,7-10,17-20H,6,11-16H2,1-3H3,(H,32,34)/b21-17+. The summed E-state index contributed by atoms with van der Waals surface area (Å²) < 4.78 is 17.2. The van der Waals surface area contributed by atoms with Gasteiger partial charge in [-0.25, -0.2) is 0 Å². The topological polar surface area (TPSA) is 63.9 Å². The molecule has 0 unspecified atom stereocenters. The zero-order chi connectivity index (χ0) is 25.8. The maximum absolute atomic E-state index is 12.7. The molecule has 0 aliphatic carbocycles. The van der Waals surface area contributed by atoms with Crippen molar-refractivity contribution >= 4 is 33.2 Å². The summed E-state index contributed by atoms with van der Waals surface area (Å²) in [5.41, 5.74) is 5.56. The summed E-state index contributed by atoms with van der Waals surface area (Å²) in [6.07, 6.45) is 4.38. The molecule has 0 spiro atoms. The van der Waals surface area contributed by atoms with Crippen LogP contribution in [0.4, 0.5) is 0 Å². The van der Waals surface area contributed by atoms with Crippen molar-refractivity contribution in [2.75, 3.05) is 46.5 Å². The number of carbonyl (C=O) groups excluding carboxylic acids is 1. The third-order valence-corrected chi connectivity index (χ3v) is 7.13. The Kier molecular flexibility index (Phi) is 7.58. The Hall–Kier alpha value is -3.61. The molecule has 192 valence electrons. The van der Waals surface area contributed by atoms with E-state index >= 15 is 0 Å². The second kappa shape index (κ2) is 11.2. The maximum atomic E-state index is 12.7. The molecule has 1 saturated heterocycles. The lowest BCUT2D eigenvalue weighted by atomic mass is 9.95. The molecule has 0 bridgehead atoms. The summed E-state index contributed by atoms with van der Waals surface area (Å²) in [7, 11) is 1.66. The highest BCUT2D eigenvalue weighted by molar-refractivity contribution is 6.02. The molecule has 37 heavy (non-hydrogen) atoms. The van der Waals surface area contributed by atoms with E-state index < -0.39 is 0 Å². The number of nitrogens with one attached hydrogen (secondary N) is 1. The van der Waals surface area contributed by atoms with E-state index in [1.807, 2.05) is 26.2 Å².